The topological polar surface area (TPSA) is 17.1 Å². The molecule has 2 aromatic rings. The highest BCUT2D eigenvalue weighted by atomic mass is 31.2. The summed E-state index contributed by atoms with van der Waals surface area (Å²) in [6.07, 6.45) is 0. The van der Waals surface area contributed by atoms with E-state index in [-0.39, 0.29) is 0 Å². The molecule has 0 atom stereocenters. The summed E-state index contributed by atoms with van der Waals surface area (Å²) in [6.45, 7) is 18.6. The molecule has 0 unspecified atom stereocenters. The van der Waals surface area contributed by atoms with Gasteiger partial charge in [0.1, 0.15) is 0 Å². The van der Waals surface area contributed by atoms with Crippen molar-refractivity contribution in [3.8, 4) is 0 Å². The third-order valence-electron chi connectivity index (χ3n) is 4.99. The maximum atomic E-state index is 14.5. The quantitative estimate of drug-likeness (QED) is 0.412. The van der Waals surface area contributed by atoms with E-state index in [4.69, 9.17) is 0 Å². The first-order valence-corrected chi connectivity index (χ1v) is 19.0. The second-order valence-electron chi connectivity index (χ2n) is 10.7. The Bertz CT molecular complexity index is 821. The van der Waals surface area contributed by atoms with Crippen molar-refractivity contribution in [2.45, 2.75) is 60.1 Å². The molecule has 0 saturated heterocycles. The van der Waals surface area contributed by atoms with Crippen LogP contribution in [0.3, 0.4) is 0 Å². The van der Waals surface area contributed by atoms with Crippen LogP contribution in [0.1, 0.15) is 20.8 Å². The molecule has 0 aliphatic carbocycles. The first-order chi connectivity index (χ1) is 12.7. The van der Waals surface area contributed by atoms with Crippen molar-refractivity contribution in [3.05, 3.63) is 60.7 Å². The molecule has 0 aliphatic heterocycles. The fraction of sp³-hybridized carbons (Fsp3) is 0.417. The van der Waals surface area contributed by atoms with Crippen molar-refractivity contribution in [2.24, 2.45) is 5.41 Å². The Morgan fingerprint density at radius 1 is 0.679 bits per heavy atom. The first-order valence-electron chi connectivity index (χ1n) is 10.2. The number of carbonyl (C=O) groups excluding carboxylic acids is 1. The van der Waals surface area contributed by atoms with Crippen molar-refractivity contribution < 1.29 is 4.79 Å². The number of rotatable bonds is 5. The number of hydrogen-bond acceptors (Lipinski definition) is 1. The second-order valence-corrected chi connectivity index (χ2v) is 25.3. The molecule has 0 fully saturated rings. The van der Waals surface area contributed by atoms with Crippen molar-refractivity contribution >= 4 is 43.7 Å². The lowest BCUT2D eigenvalue weighted by Crippen LogP contribution is -2.54. The van der Waals surface area contributed by atoms with E-state index >= 15 is 0 Å². The fourth-order valence-electron chi connectivity index (χ4n) is 4.68. The van der Waals surface area contributed by atoms with Crippen molar-refractivity contribution in [3.63, 3.8) is 0 Å². The van der Waals surface area contributed by atoms with Crippen LogP contribution in [0.4, 0.5) is 0 Å². The average Bonchev–Trinajstić information content (AvgIpc) is 2.57. The molecule has 0 heterocycles. The van der Waals surface area contributed by atoms with Crippen molar-refractivity contribution in [1.82, 2.24) is 0 Å². The van der Waals surface area contributed by atoms with Gasteiger partial charge in [0, 0.05) is 12.3 Å². The third kappa shape index (κ3) is 4.37. The Labute approximate surface area is 174 Å². The molecule has 152 valence electrons. The minimum Gasteiger partial charge on any atom is -0.293 e. The van der Waals surface area contributed by atoms with E-state index in [0.717, 1.165) is 0 Å². The molecule has 28 heavy (non-hydrogen) atoms. The maximum absolute atomic E-state index is 14.5. The van der Waals surface area contributed by atoms with Gasteiger partial charge in [-0.05, 0) is 10.6 Å². The van der Waals surface area contributed by atoms with Gasteiger partial charge in [0.15, 0.2) is 5.52 Å². The molecule has 0 aliphatic rings. The van der Waals surface area contributed by atoms with Gasteiger partial charge in [0.2, 0.25) is 0 Å². The molecule has 0 N–H and O–H groups in total. The van der Waals surface area contributed by atoms with Gasteiger partial charge < -0.3 is 0 Å². The molecule has 2 aromatic carbocycles. The summed E-state index contributed by atoms with van der Waals surface area (Å²) in [5.41, 5.74) is 0.0292. The van der Waals surface area contributed by atoms with E-state index in [1.54, 1.807) is 4.54 Å². The molecular weight excluding hydrogens is 391 g/mol. The largest absolute Gasteiger partial charge is 0.293 e. The number of carbonyl (C=O) groups is 1. The van der Waals surface area contributed by atoms with Crippen LogP contribution in [0.25, 0.3) is 0 Å². The minimum absolute atomic E-state index is 0.399. The monoisotopic (exact) mass is 428 g/mol. The summed E-state index contributed by atoms with van der Waals surface area (Å²) >= 11 is 0. The highest BCUT2D eigenvalue weighted by Gasteiger charge is 2.47. The van der Waals surface area contributed by atoms with Gasteiger partial charge in [-0.1, -0.05) is 125 Å². The van der Waals surface area contributed by atoms with Crippen LogP contribution in [0.15, 0.2) is 60.7 Å². The van der Waals surface area contributed by atoms with Crippen LogP contribution in [-0.4, -0.2) is 26.2 Å². The van der Waals surface area contributed by atoms with Crippen LogP contribution in [0, 0.1) is 5.41 Å². The molecule has 4 heteroatoms. The van der Waals surface area contributed by atoms with Gasteiger partial charge in [-0.15, -0.1) is 0 Å². The van der Waals surface area contributed by atoms with Crippen LogP contribution in [-0.2, 0) is 4.79 Å². The minimum atomic E-state index is -2.37. The standard InChI is InChI=1S/C24H37OPSi2/c1-24(2,3)22(25)26(20-16-12-10-13-17-20,21-18-14-11-15-19-21)23(27(4,5)6)28(7,8)9/h10-19H,1-9H3. The van der Waals surface area contributed by atoms with E-state index in [0.29, 0.717) is 5.52 Å². The summed E-state index contributed by atoms with van der Waals surface area (Å²) in [5.74, 6) is 0. The average molecular weight is 429 g/mol. The van der Waals surface area contributed by atoms with Gasteiger partial charge in [-0.3, -0.25) is 4.79 Å². The summed E-state index contributed by atoms with van der Waals surface area (Å²) in [7, 11) is -3.52. The van der Waals surface area contributed by atoms with Gasteiger partial charge in [0.05, 0.1) is 16.1 Å². The molecule has 0 radical (unpaired) electrons. The summed E-state index contributed by atoms with van der Waals surface area (Å²) < 4.78 is 1.64. The smallest absolute Gasteiger partial charge is 0.166 e. The maximum Gasteiger partial charge on any atom is 0.166 e. The zero-order chi connectivity index (χ0) is 21.4. The predicted octanol–water partition coefficient (Wildman–Crippen LogP) is 6.15. The van der Waals surface area contributed by atoms with E-state index < -0.39 is 28.4 Å². The zero-order valence-electron chi connectivity index (χ0n) is 19.1. The Hall–Kier alpha value is -1.16. The van der Waals surface area contributed by atoms with E-state index in [2.05, 4.69) is 121 Å². The molecule has 0 spiro atoms. The van der Waals surface area contributed by atoms with Gasteiger partial charge >= 0.3 is 0 Å². The molecule has 0 amide bonds. The van der Waals surface area contributed by atoms with E-state index in [9.17, 15) is 4.79 Å². The van der Waals surface area contributed by atoms with E-state index in [1.165, 1.54) is 10.6 Å². The van der Waals surface area contributed by atoms with E-state index in [1.807, 2.05) is 0 Å². The molecule has 0 saturated carbocycles. The van der Waals surface area contributed by atoms with Crippen molar-refractivity contribution in [2.75, 3.05) is 0 Å². The lowest BCUT2D eigenvalue weighted by molar-refractivity contribution is -0.117. The third-order valence-corrected chi connectivity index (χ3v) is 22.5. The summed E-state index contributed by atoms with van der Waals surface area (Å²) in [4.78, 5) is 14.5. The highest BCUT2D eigenvalue weighted by molar-refractivity contribution is 8.07. The van der Waals surface area contributed by atoms with Crippen LogP contribution in [0.5, 0.6) is 0 Å². The Kier molecular flexibility index (Phi) is 6.55. The summed E-state index contributed by atoms with van der Waals surface area (Å²) in [6, 6.07) is 21.4. The number of hydrogen-bond donors (Lipinski definition) is 0. The highest BCUT2D eigenvalue weighted by Crippen LogP contribution is 2.55. The Balaban J connectivity index is 3.30. The zero-order valence-corrected chi connectivity index (χ0v) is 22.0. The van der Waals surface area contributed by atoms with Gasteiger partial charge in [-0.2, -0.15) is 0 Å². The number of benzene rings is 2. The molecule has 2 rings (SSSR count). The fourth-order valence-corrected chi connectivity index (χ4v) is 27.6. The molecule has 0 bridgehead atoms. The molecule has 0 aromatic heterocycles. The second kappa shape index (κ2) is 7.93. The van der Waals surface area contributed by atoms with Crippen LogP contribution < -0.4 is 10.6 Å². The van der Waals surface area contributed by atoms with Crippen LogP contribution in [0.2, 0.25) is 39.3 Å². The van der Waals surface area contributed by atoms with Crippen LogP contribution >= 0.6 is 6.89 Å². The molecule has 1 nitrogen and oxygen atoms in total. The van der Waals surface area contributed by atoms with Gasteiger partial charge in [0.25, 0.3) is 0 Å². The lowest BCUT2D eigenvalue weighted by Gasteiger charge is -2.44. The summed E-state index contributed by atoms with van der Waals surface area (Å²) in [5, 5.41) is 2.47. The Morgan fingerprint density at radius 2 is 1.00 bits per heavy atom. The SMILES string of the molecule is CC(C)(C)C(=O)P(=C([Si](C)(C)C)[Si](C)(C)C)(c1ccccc1)c1ccccc1. The molecular formula is C24H37OPSi2. The van der Waals surface area contributed by atoms with Gasteiger partial charge in [-0.25, -0.2) is 0 Å². The first kappa shape index (κ1) is 23.1. The lowest BCUT2D eigenvalue weighted by atomic mass is 9.99. The normalized spacial score (nSPS) is 13.3. The van der Waals surface area contributed by atoms with Crippen molar-refractivity contribution in [1.29, 1.82) is 0 Å². The predicted molar refractivity (Wildman–Crippen MR) is 135 cm³/mol. The Morgan fingerprint density at radius 3 is 1.25 bits per heavy atom.